The van der Waals surface area contributed by atoms with Gasteiger partial charge in [0.25, 0.3) is 0 Å². The van der Waals surface area contributed by atoms with Gasteiger partial charge in [0.1, 0.15) is 0 Å². The van der Waals surface area contributed by atoms with E-state index in [9.17, 15) is 0 Å². The molecule has 0 N–H and O–H groups in total. The molecule has 6 heteroatoms. The number of benzene rings is 12. The van der Waals surface area contributed by atoms with Gasteiger partial charge in [-0.1, -0.05) is 182 Å². The second-order valence-electron chi connectivity index (χ2n) is 21.4. The zero-order valence-electron chi connectivity index (χ0n) is 44.4. The standard InChI is InChI=1S/C76H48N6/c1-4-18-49(19-5-1)66-48-67(78-76(77-66)82-71-31-17-13-27-61(71)65-45-52(37-43-74(65)82)51-35-41-72-63(44-51)59-25-11-15-29-69(59)79(72)55-20-6-2-7-21-55)50-32-38-57(39-33-50)81-68-28-14-10-24-58(68)62-40-34-54(47-75(62)81)53-36-42-73-64(46-53)60-26-12-16-30-70(60)80(73)56-22-8-3-9-23-56/h1-48H. The van der Waals surface area contributed by atoms with Crippen LogP contribution in [0.5, 0.6) is 0 Å². The molecule has 0 unspecified atom stereocenters. The predicted octanol–water partition coefficient (Wildman–Crippen LogP) is 19.5. The van der Waals surface area contributed by atoms with E-state index in [1.54, 1.807) is 0 Å². The molecule has 0 amide bonds. The van der Waals surface area contributed by atoms with Gasteiger partial charge in [0.15, 0.2) is 0 Å². The van der Waals surface area contributed by atoms with Crippen molar-refractivity contribution in [1.29, 1.82) is 0 Å². The van der Waals surface area contributed by atoms with Crippen LogP contribution in [0.3, 0.4) is 0 Å². The molecule has 382 valence electrons. The molecule has 0 fully saturated rings. The summed E-state index contributed by atoms with van der Waals surface area (Å²) in [7, 11) is 0. The van der Waals surface area contributed by atoms with Crippen LogP contribution in [-0.2, 0) is 0 Å². The third-order valence-corrected chi connectivity index (χ3v) is 16.8. The van der Waals surface area contributed by atoms with Crippen molar-refractivity contribution in [3.05, 3.63) is 291 Å². The van der Waals surface area contributed by atoms with Crippen molar-refractivity contribution >= 4 is 87.2 Å². The average Bonchev–Trinajstić information content (AvgIpc) is 3.66. The van der Waals surface area contributed by atoms with Gasteiger partial charge in [-0.15, -0.1) is 0 Å². The first-order valence-electron chi connectivity index (χ1n) is 28.0. The monoisotopic (exact) mass is 1040 g/mol. The van der Waals surface area contributed by atoms with E-state index in [0.717, 1.165) is 83.5 Å². The van der Waals surface area contributed by atoms with Crippen molar-refractivity contribution < 1.29 is 0 Å². The lowest BCUT2D eigenvalue weighted by molar-refractivity contribution is 0.995. The summed E-state index contributed by atoms with van der Waals surface area (Å²) >= 11 is 0. The van der Waals surface area contributed by atoms with E-state index < -0.39 is 0 Å². The quantitative estimate of drug-likeness (QED) is 0.152. The molecule has 82 heavy (non-hydrogen) atoms. The van der Waals surface area contributed by atoms with Crippen LogP contribution in [0.2, 0.25) is 0 Å². The lowest BCUT2D eigenvalue weighted by Gasteiger charge is -2.13. The van der Waals surface area contributed by atoms with Crippen molar-refractivity contribution in [3.63, 3.8) is 0 Å². The lowest BCUT2D eigenvalue weighted by Crippen LogP contribution is -2.04. The van der Waals surface area contributed by atoms with Gasteiger partial charge in [0, 0.05) is 71.3 Å². The molecule has 0 aliphatic rings. The van der Waals surface area contributed by atoms with Gasteiger partial charge in [0.05, 0.1) is 55.5 Å². The van der Waals surface area contributed by atoms with E-state index in [2.05, 4.69) is 309 Å². The van der Waals surface area contributed by atoms with E-state index in [1.807, 2.05) is 0 Å². The summed E-state index contributed by atoms with van der Waals surface area (Å²) in [6.45, 7) is 0. The molecule has 17 aromatic rings. The summed E-state index contributed by atoms with van der Waals surface area (Å²) in [5.74, 6) is 0.618. The van der Waals surface area contributed by atoms with Crippen molar-refractivity contribution in [2.24, 2.45) is 0 Å². The van der Waals surface area contributed by atoms with Gasteiger partial charge in [-0.05, 0) is 131 Å². The van der Waals surface area contributed by atoms with Gasteiger partial charge in [-0.3, -0.25) is 4.57 Å². The maximum absolute atomic E-state index is 5.48. The zero-order valence-corrected chi connectivity index (χ0v) is 44.4. The summed E-state index contributed by atoms with van der Waals surface area (Å²) < 4.78 is 9.39. The Labute approximate surface area is 471 Å². The molecular weight excluding hydrogens is 997 g/mol. The third kappa shape index (κ3) is 7.15. The van der Waals surface area contributed by atoms with Gasteiger partial charge >= 0.3 is 0 Å². The summed E-state index contributed by atoms with van der Waals surface area (Å²) in [5, 5.41) is 9.65. The van der Waals surface area contributed by atoms with E-state index in [-0.39, 0.29) is 0 Å². The molecule has 0 atom stereocenters. The van der Waals surface area contributed by atoms with Crippen LogP contribution >= 0.6 is 0 Å². The Morgan fingerprint density at radius 1 is 0.183 bits per heavy atom. The van der Waals surface area contributed by atoms with Crippen molar-refractivity contribution in [3.8, 4) is 67.8 Å². The van der Waals surface area contributed by atoms with Crippen LogP contribution in [0, 0.1) is 0 Å². The highest BCUT2D eigenvalue weighted by atomic mass is 15.2. The lowest BCUT2D eigenvalue weighted by atomic mass is 10.0. The second kappa shape index (κ2) is 18.2. The maximum atomic E-state index is 5.48. The fourth-order valence-corrected chi connectivity index (χ4v) is 13.0. The molecule has 6 nitrogen and oxygen atoms in total. The number of hydrogen-bond acceptors (Lipinski definition) is 2. The highest BCUT2D eigenvalue weighted by Gasteiger charge is 2.21. The van der Waals surface area contributed by atoms with Gasteiger partial charge in [-0.2, -0.15) is 0 Å². The number of aromatic nitrogens is 6. The molecule has 0 spiro atoms. The van der Waals surface area contributed by atoms with Crippen molar-refractivity contribution in [1.82, 2.24) is 28.2 Å². The van der Waals surface area contributed by atoms with Gasteiger partial charge < -0.3 is 13.7 Å². The van der Waals surface area contributed by atoms with E-state index >= 15 is 0 Å². The largest absolute Gasteiger partial charge is 0.309 e. The molecule has 0 radical (unpaired) electrons. The average molecular weight is 1050 g/mol. The van der Waals surface area contributed by atoms with Gasteiger partial charge in [0.2, 0.25) is 5.95 Å². The Hall–Kier alpha value is -11.1. The highest BCUT2D eigenvalue weighted by Crippen LogP contribution is 2.41. The van der Waals surface area contributed by atoms with Crippen LogP contribution in [0.4, 0.5) is 0 Å². The molecule has 5 aromatic heterocycles. The second-order valence-corrected chi connectivity index (χ2v) is 21.4. The van der Waals surface area contributed by atoms with Crippen LogP contribution in [-0.4, -0.2) is 28.2 Å². The Bertz CT molecular complexity index is 5370. The number of rotatable bonds is 8. The molecule has 0 saturated heterocycles. The molecule has 12 aromatic carbocycles. The fourth-order valence-electron chi connectivity index (χ4n) is 13.0. The first-order valence-corrected chi connectivity index (χ1v) is 28.0. The molecule has 17 rings (SSSR count). The minimum Gasteiger partial charge on any atom is -0.309 e. The van der Waals surface area contributed by atoms with E-state index in [1.165, 1.54) is 65.5 Å². The van der Waals surface area contributed by atoms with E-state index in [4.69, 9.17) is 9.97 Å². The summed E-state index contributed by atoms with van der Waals surface area (Å²) in [4.78, 5) is 10.9. The Kier molecular flexibility index (Phi) is 10.2. The van der Waals surface area contributed by atoms with Crippen LogP contribution < -0.4 is 0 Å². The van der Waals surface area contributed by atoms with Gasteiger partial charge in [-0.25, -0.2) is 9.97 Å². The molecule has 5 heterocycles. The summed E-state index contributed by atoms with van der Waals surface area (Å²) in [6.07, 6.45) is 0. The fraction of sp³-hybridized carbons (Fsp3) is 0. The predicted molar refractivity (Wildman–Crippen MR) is 341 cm³/mol. The number of fused-ring (bicyclic) bond motifs is 12. The Morgan fingerprint density at radius 3 is 0.963 bits per heavy atom. The third-order valence-electron chi connectivity index (χ3n) is 16.8. The summed E-state index contributed by atoms with van der Waals surface area (Å²) in [5.41, 5.74) is 20.9. The number of nitrogens with zero attached hydrogens (tertiary/aromatic N) is 6. The molecule has 0 aliphatic heterocycles. The first kappa shape index (κ1) is 45.9. The Balaban J connectivity index is 0.775. The van der Waals surface area contributed by atoms with Crippen molar-refractivity contribution in [2.75, 3.05) is 0 Å². The molecule has 0 bridgehead atoms. The van der Waals surface area contributed by atoms with Crippen LogP contribution in [0.15, 0.2) is 291 Å². The smallest absolute Gasteiger partial charge is 0.235 e. The highest BCUT2D eigenvalue weighted by molar-refractivity contribution is 6.14. The zero-order chi connectivity index (χ0) is 53.8. The van der Waals surface area contributed by atoms with Crippen LogP contribution in [0.25, 0.3) is 155 Å². The molecule has 0 aliphatic carbocycles. The SMILES string of the molecule is c1ccc(-c2cc(-c3ccc(-n4c5ccccc5c5ccc(-c6ccc7c(c6)c6ccccc6n7-c6ccccc6)cc54)cc3)nc(-n3c4ccccc4c4cc(-c5ccc6c(c5)c5ccccc5n6-c5ccccc5)ccc43)n2)cc1. The van der Waals surface area contributed by atoms with Crippen LogP contribution in [0.1, 0.15) is 0 Å². The summed E-state index contributed by atoms with van der Waals surface area (Å²) in [6, 6.07) is 105. The Morgan fingerprint density at radius 2 is 0.488 bits per heavy atom. The number of hydrogen-bond donors (Lipinski definition) is 0. The first-order chi connectivity index (χ1) is 40.7. The minimum atomic E-state index is 0.618. The number of para-hydroxylation sites is 6. The normalized spacial score (nSPS) is 11.9. The maximum Gasteiger partial charge on any atom is 0.235 e. The van der Waals surface area contributed by atoms with Crippen molar-refractivity contribution in [2.45, 2.75) is 0 Å². The minimum absolute atomic E-state index is 0.618. The molecule has 0 saturated carbocycles. The molecular formula is C76H48N6. The topological polar surface area (TPSA) is 45.5 Å². The van der Waals surface area contributed by atoms with E-state index in [0.29, 0.717) is 5.95 Å².